The molecule has 0 saturated carbocycles. The van der Waals surface area contributed by atoms with Crippen LogP contribution >= 0.6 is 0 Å². The minimum absolute atomic E-state index is 0.134. The number of carbonyl (C=O) groups excluding carboxylic acids is 2. The van der Waals surface area contributed by atoms with Gasteiger partial charge in [-0.2, -0.15) is 0 Å². The zero-order valence-corrected chi connectivity index (χ0v) is 18.2. The molecule has 0 spiro atoms. The highest BCUT2D eigenvalue weighted by Crippen LogP contribution is 2.31. The summed E-state index contributed by atoms with van der Waals surface area (Å²) in [4.78, 5) is 22.5. The minimum Gasteiger partial charge on any atom is -0.462 e. The molecule has 3 rings (SSSR count). The monoisotopic (exact) mass is 462 g/mol. The van der Waals surface area contributed by atoms with Crippen molar-refractivity contribution in [3.63, 3.8) is 0 Å². The van der Waals surface area contributed by atoms with Crippen LogP contribution < -0.4 is 9.47 Å². The van der Waals surface area contributed by atoms with Crippen molar-refractivity contribution in [2.24, 2.45) is 0 Å². The second kappa shape index (κ2) is 10.9. The van der Waals surface area contributed by atoms with Gasteiger partial charge in [-0.15, -0.1) is 0 Å². The Kier molecular flexibility index (Phi) is 7.71. The molecule has 0 unspecified atom stereocenters. The van der Waals surface area contributed by atoms with Crippen molar-refractivity contribution in [2.75, 3.05) is 0 Å². The Morgan fingerprint density at radius 1 is 0.853 bits per heavy atom. The van der Waals surface area contributed by atoms with Crippen LogP contribution in [0.25, 0.3) is 22.3 Å². The van der Waals surface area contributed by atoms with Crippen LogP contribution in [0.5, 0.6) is 11.5 Å². The van der Waals surface area contributed by atoms with Crippen LogP contribution in [-0.4, -0.2) is 11.9 Å². The highest BCUT2D eigenvalue weighted by molar-refractivity contribution is 5.89. The van der Waals surface area contributed by atoms with Crippen molar-refractivity contribution in [1.29, 1.82) is 0 Å². The maximum atomic E-state index is 14.8. The molecule has 0 bridgehead atoms. The summed E-state index contributed by atoms with van der Waals surface area (Å²) < 4.78 is 44.1. The second-order valence-corrected chi connectivity index (χ2v) is 7.07. The molecule has 0 fully saturated rings. The topological polar surface area (TPSA) is 61.8 Å². The van der Waals surface area contributed by atoms with E-state index in [2.05, 4.69) is 17.9 Å². The first-order chi connectivity index (χ1) is 16.3. The third kappa shape index (κ3) is 6.04. The number of ether oxygens (including phenoxy) is 3. The molecule has 3 aromatic carbocycles. The summed E-state index contributed by atoms with van der Waals surface area (Å²) in [5, 5.41) is 0. The summed E-state index contributed by atoms with van der Waals surface area (Å²) in [7, 11) is 0. The first-order valence-corrected chi connectivity index (χ1v) is 10.0. The zero-order chi connectivity index (χ0) is 24.7. The molecular weight excluding hydrogens is 442 g/mol. The molecule has 0 saturated heterocycles. The number of carbonyl (C=O) groups is 2. The summed E-state index contributed by atoms with van der Waals surface area (Å²) in [6.07, 6.45) is 3.32. The fourth-order valence-electron chi connectivity index (χ4n) is 2.84. The van der Waals surface area contributed by atoms with E-state index in [0.29, 0.717) is 16.9 Å². The van der Waals surface area contributed by atoms with Gasteiger partial charge in [0.1, 0.15) is 24.1 Å². The maximum Gasteiger partial charge on any atom is 0.338 e. The summed E-state index contributed by atoms with van der Waals surface area (Å²) in [5.41, 5.74) is 1.96. The quantitative estimate of drug-likeness (QED) is 0.169. The largest absolute Gasteiger partial charge is 0.462 e. The fourth-order valence-corrected chi connectivity index (χ4v) is 2.84. The Labute approximate surface area is 195 Å². The number of hydrogen-bond donors (Lipinski definition) is 0. The molecule has 0 aliphatic heterocycles. The van der Waals surface area contributed by atoms with Gasteiger partial charge < -0.3 is 14.2 Å². The van der Waals surface area contributed by atoms with Crippen molar-refractivity contribution >= 4 is 11.9 Å². The Morgan fingerprint density at radius 3 is 2.12 bits per heavy atom. The van der Waals surface area contributed by atoms with Gasteiger partial charge in [-0.05, 0) is 53.9 Å². The highest BCUT2D eigenvalue weighted by Gasteiger charge is 2.14. The third-order valence-electron chi connectivity index (χ3n) is 4.56. The summed E-state index contributed by atoms with van der Waals surface area (Å²) in [6.45, 7) is 8.17. The lowest BCUT2D eigenvalue weighted by Gasteiger charge is -2.10. The summed E-state index contributed by atoms with van der Waals surface area (Å²) in [5.74, 6) is -2.47. The summed E-state index contributed by atoms with van der Waals surface area (Å²) >= 11 is 0. The third-order valence-corrected chi connectivity index (χ3v) is 4.56. The molecule has 0 amide bonds. The van der Waals surface area contributed by atoms with Gasteiger partial charge in [-0.1, -0.05) is 43.5 Å². The predicted octanol–water partition coefficient (Wildman–Crippen LogP) is 6.36. The number of halogens is 2. The lowest BCUT2D eigenvalue weighted by Crippen LogP contribution is -2.09. The Morgan fingerprint density at radius 2 is 1.50 bits per heavy atom. The molecule has 0 heterocycles. The Bertz CT molecular complexity index is 1280. The number of benzene rings is 3. The van der Waals surface area contributed by atoms with Gasteiger partial charge in [0.2, 0.25) is 0 Å². The van der Waals surface area contributed by atoms with Gasteiger partial charge in [0.25, 0.3) is 0 Å². The molecule has 0 N–H and O–H groups in total. The van der Waals surface area contributed by atoms with Crippen LogP contribution in [0.15, 0.2) is 98.0 Å². The van der Waals surface area contributed by atoms with Crippen molar-refractivity contribution in [2.45, 2.75) is 6.92 Å². The maximum absolute atomic E-state index is 14.8. The van der Waals surface area contributed by atoms with Gasteiger partial charge >= 0.3 is 11.9 Å². The van der Waals surface area contributed by atoms with E-state index in [1.54, 1.807) is 36.4 Å². The average molecular weight is 462 g/mol. The first-order valence-electron chi connectivity index (χ1n) is 10.0. The van der Waals surface area contributed by atoms with E-state index in [-0.39, 0.29) is 16.9 Å². The van der Waals surface area contributed by atoms with Crippen molar-refractivity contribution < 1.29 is 32.6 Å². The summed E-state index contributed by atoms with van der Waals surface area (Å²) in [6, 6.07) is 15.2. The number of rotatable bonds is 8. The van der Waals surface area contributed by atoms with Crippen molar-refractivity contribution in [3.8, 4) is 33.8 Å². The van der Waals surface area contributed by atoms with E-state index >= 15 is 0 Å². The standard InChI is InChI=1S/C27H20F2O5/c1-4-26(30)33-14-13-32-21-9-5-18(6-10-21)19-7-11-22(23(28)15-19)20-8-12-25(24(29)16-20)34-27(31)17(2)3/h4-16H,1-2H2,3H3. The highest BCUT2D eigenvalue weighted by atomic mass is 19.1. The van der Waals surface area contributed by atoms with Gasteiger partial charge in [0.05, 0.1) is 0 Å². The van der Waals surface area contributed by atoms with Crippen LogP contribution in [0.4, 0.5) is 8.78 Å². The van der Waals surface area contributed by atoms with Gasteiger partial charge in [0, 0.05) is 17.2 Å². The molecule has 0 aliphatic carbocycles. The van der Waals surface area contributed by atoms with Crippen molar-refractivity contribution in [1.82, 2.24) is 0 Å². The molecule has 172 valence electrons. The lowest BCUT2D eigenvalue weighted by molar-refractivity contribution is -0.132. The number of esters is 2. The van der Waals surface area contributed by atoms with E-state index in [4.69, 9.17) is 9.47 Å². The molecule has 0 atom stereocenters. The van der Waals surface area contributed by atoms with Crippen LogP contribution in [0.1, 0.15) is 6.92 Å². The average Bonchev–Trinajstić information content (AvgIpc) is 2.83. The molecule has 5 nitrogen and oxygen atoms in total. The molecular formula is C27H20F2O5. The lowest BCUT2D eigenvalue weighted by atomic mass is 9.99. The molecule has 0 aliphatic rings. The SMILES string of the molecule is C=CC(=O)OC=COc1ccc(-c2ccc(-c3ccc(OC(=O)C(=C)C)c(F)c3)c(F)c2)cc1. The van der Waals surface area contributed by atoms with Crippen LogP contribution in [0.2, 0.25) is 0 Å². The molecule has 7 heteroatoms. The molecule has 0 aromatic heterocycles. The number of hydrogen-bond acceptors (Lipinski definition) is 5. The van der Waals surface area contributed by atoms with Gasteiger partial charge in [0.15, 0.2) is 11.6 Å². The van der Waals surface area contributed by atoms with Gasteiger partial charge in [-0.25, -0.2) is 18.4 Å². The van der Waals surface area contributed by atoms with E-state index in [9.17, 15) is 18.4 Å². The van der Waals surface area contributed by atoms with E-state index < -0.39 is 23.6 Å². The van der Waals surface area contributed by atoms with Crippen LogP contribution in [0, 0.1) is 11.6 Å². The molecule has 3 aromatic rings. The van der Waals surface area contributed by atoms with E-state index in [1.807, 2.05) is 0 Å². The normalized spacial score (nSPS) is 10.6. The van der Waals surface area contributed by atoms with Crippen molar-refractivity contribution in [3.05, 3.63) is 110 Å². The van der Waals surface area contributed by atoms with Gasteiger partial charge in [-0.3, -0.25) is 0 Å². The Hall–Kier alpha value is -4.52. The minimum atomic E-state index is -0.792. The Balaban J connectivity index is 1.73. The fraction of sp³-hybridized carbons (Fsp3) is 0.0370. The zero-order valence-electron chi connectivity index (χ0n) is 18.2. The first kappa shape index (κ1) is 24.1. The predicted molar refractivity (Wildman–Crippen MR) is 124 cm³/mol. The van der Waals surface area contributed by atoms with Crippen LogP contribution in [-0.2, 0) is 14.3 Å². The van der Waals surface area contributed by atoms with Crippen LogP contribution in [0.3, 0.4) is 0 Å². The smallest absolute Gasteiger partial charge is 0.338 e. The molecule has 34 heavy (non-hydrogen) atoms. The van der Waals surface area contributed by atoms with E-state index in [1.165, 1.54) is 31.4 Å². The molecule has 0 radical (unpaired) electrons. The van der Waals surface area contributed by atoms with E-state index in [0.717, 1.165) is 24.0 Å². The second-order valence-electron chi connectivity index (χ2n) is 7.07.